The van der Waals surface area contributed by atoms with Gasteiger partial charge in [0.15, 0.2) is 0 Å². The SMILES string of the molecule is Cc1cc(N)cc(C(=O)NC2CC=CC2)c1. The van der Waals surface area contributed by atoms with Crippen molar-refractivity contribution >= 4 is 11.6 Å². The van der Waals surface area contributed by atoms with Crippen LogP contribution in [-0.4, -0.2) is 11.9 Å². The van der Waals surface area contributed by atoms with Gasteiger partial charge in [-0.15, -0.1) is 0 Å². The zero-order valence-electron chi connectivity index (χ0n) is 9.36. The summed E-state index contributed by atoms with van der Waals surface area (Å²) < 4.78 is 0. The summed E-state index contributed by atoms with van der Waals surface area (Å²) in [5.74, 6) is -0.0379. The highest BCUT2D eigenvalue weighted by Crippen LogP contribution is 2.13. The zero-order chi connectivity index (χ0) is 11.5. The molecule has 84 valence electrons. The van der Waals surface area contributed by atoms with Crippen LogP contribution in [0.1, 0.15) is 28.8 Å². The van der Waals surface area contributed by atoms with Gasteiger partial charge < -0.3 is 11.1 Å². The standard InChI is InChI=1S/C13H16N2O/c1-9-6-10(8-11(14)7-9)13(16)15-12-4-2-3-5-12/h2-3,6-8,12H,4-5,14H2,1H3,(H,15,16). The number of anilines is 1. The molecule has 1 aromatic carbocycles. The second-order valence-electron chi connectivity index (χ2n) is 4.25. The normalized spacial score (nSPS) is 15.3. The van der Waals surface area contributed by atoms with E-state index >= 15 is 0 Å². The molecule has 0 heterocycles. The van der Waals surface area contributed by atoms with Gasteiger partial charge in [0, 0.05) is 17.3 Å². The van der Waals surface area contributed by atoms with E-state index in [1.165, 1.54) is 0 Å². The van der Waals surface area contributed by atoms with Gasteiger partial charge in [-0.25, -0.2) is 0 Å². The predicted octanol–water partition coefficient (Wildman–Crippen LogP) is 2.03. The summed E-state index contributed by atoms with van der Waals surface area (Å²) in [6.45, 7) is 1.93. The van der Waals surface area contributed by atoms with E-state index in [9.17, 15) is 4.79 Å². The smallest absolute Gasteiger partial charge is 0.251 e. The van der Waals surface area contributed by atoms with Crippen molar-refractivity contribution in [1.29, 1.82) is 0 Å². The maximum Gasteiger partial charge on any atom is 0.251 e. The van der Waals surface area contributed by atoms with E-state index in [-0.39, 0.29) is 11.9 Å². The molecule has 0 aliphatic heterocycles. The third kappa shape index (κ3) is 2.42. The number of nitrogens with one attached hydrogen (secondary N) is 1. The summed E-state index contributed by atoms with van der Waals surface area (Å²) in [5.41, 5.74) is 8.00. The molecule has 0 saturated heterocycles. The van der Waals surface area contributed by atoms with Crippen LogP contribution in [0.5, 0.6) is 0 Å². The Morgan fingerprint density at radius 2 is 2.00 bits per heavy atom. The molecule has 3 heteroatoms. The Kier molecular flexibility index (Phi) is 2.95. The van der Waals surface area contributed by atoms with Crippen LogP contribution in [0.3, 0.4) is 0 Å². The summed E-state index contributed by atoms with van der Waals surface area (Å²) in [6.07, 6.45) is 6.03. The Morgan fingerprint density at radius 1 is 1.31 bits per heavy atom. The van der Waals surface area contributed by atoms with Crippen molar-refractivity contribution in [3.05, 3.63) is 41.5 Å². The summed E-state index contributed by atoms with van der Waals surface area (Å²) in [6, 6.07) is 5.67. The molecule has 3 nitrogen and oxygen atoms in total. The molecule has 0 spiro atoms. The molecule has 1 amide bonds. The number of carbonyl (C=O) groups excluding carboxylic acids is 1. The molecule has 0 unspecified atom stereocenters. The maximum atomic E-state index is 11.9. The lowest BCUT2D eigenvalue weighted by atomic mass is 10.1. The van der Waals surface area contributed by atoms with Crippen molar-refractivity contribution in [2.75, 3.05) is 5.73 Å². The number of hydrogen-bond acceptors (Lipinski definition) is 2. The second-order valence-corrected chi connectivity index (χ2v) is 4.25. The number of carbonyl (C=O) groups is 1. The van der Waals surface area contributed by atoms with E-state index in [0.29, 0.717) is 11.3 Å². The van der Waals surface area contributed by atoms with Crippen molar-refractivity contribution in [1.82, 2.24) is 5.32 Å². The van der Waals surface area contributed by atoms with Crippen LogP contribution in [0.2, 0.25) is 0 Å². The van der Waals surface area contributed by atoms with Gasteiger partial charge in [0.1, 0.15) is 0 Å². The highest BCUT2D eigenvalue weighted by Gasteiger charge is 2.14. The van der Waals surface area contributed by atoms with Crippen LogP contribution in [0.25, 0.3) is 0 Å². The number of amides is 1. The molecule has 0 radical (unpaired) electrons. The summed E-state index contributed by atoms with van der Waals surface area (Å²) >= 11 is 0. The van der Waals surface area contributed by atoms with Gasteiger partial charge in [-0.3, -0.25) is 4.79 Å². The van der Waals surface area contributed by atoms with Gasteiger partial charge >= 0.3 is 0 Å². The van der Waals surface area contributed by atoms with E-state index in [1.807, 2.05) is 19.1 Å². The van der Waals surface area contributed by atoms with Gasteiger partial charge in [0.05, 0.1) is 0 Å². The van der Waals surface area contributed by atoms with Gasteiger partial charge in [0.25, 0.3) is 5.91 Å². The summed E-state index contributed by atoms with van der Waals surface area (Å²) in [7, 11) is 0. The van der Waals surface area contributed by atoms with E-state index in [4.69, 9.17) is 5.73 Å². The average Bonchev–Trinajstić information content (AvgIpc) is 2.68. The van der Waals surface area contributed by atoms with Crippen molar-refractivity contribution in [2.24, 2.45) is 0 Å². The Balaban J connectivity index is 2.08. The lowest BCUT2D eigenvalue weighted by molar-refractivity contribution is 0.0939. The number of aryl methyl sites for hydroxylation is 1. The molecule has 0 saturated carbocycles. The monoisotopic (exact) mass is 216 g/mol. The minimum absolute atomic E-state index is 0.0379. The van der Waals surface area contributed by atoms with Crippen LogP contribution >= 0.6 is 0 Å². The predicted molar refractivity (Wildman–Crippen MR) is 65.2 cm³/mol. The lowest BCUT2D eigenvalue weighted by Gasteiger charge is -2.12. The lowest BCUT2D eigenvalue weighted by Crippen LogP contribution is -2.32. The number of hydrogen-bond donors (Lipinski definition) is 2. The third-order valence-corrected chi connectivity index (χ3v) is 2.70. The van der Waals surface area contributed by atoms with E-state index in [0.717, 1.165) is 18.4 Å². The van der Waals surface area contributed by atoms with Crippen LogP contribution < -0.4 is 11.1 Å². The number of rotatable bonds is 2. The summed E-state index contributed by atoms with van der Waals surface area (Å²) in [5, 5.41) is 2.99. The summed E-state index contributed by atoms with van der Waals surface area (Å²) in [4.78, 5) is 11.9. The molecule has 0 bridgehead atoms. The quantitative estimate of drug-likeness (QED) is 0.587. The van der Waals surface area contributed by atoms with E-state index < -0.39 is 0 Å². The van der Waals surface area contributed by atoms with Crippen LogP contribution in [-0.2, 0) is 0 Å². The molecule has 3 N–H and O–H groups in total. The Morgan fingerprint density at radius 3 is 2.62 bits per heavy atom. The van der Waals surface area contributed by atoms with E-state index in [1.54, 1.807) is 6.07 Å². The van der Waals surface area contributed by atoms with Crippen LogP contribution in [0.15, 0.2) is 30.4 Å². The molecular weight excluding hydrogens is 200 g/mol. The largest absolute Gasteiger partial charge is 0.399 e. The molecule has 1 aliphatic rings. The highest BCUT2D eigenvalue weighted by molar-refractivity contribution is 5.95. The Labute approximate surface area is 95.3 Å². The third-order valence-electron chi connectivity index (χ3n) is 2.70. The van der Waals surface area contributed by atoms with Crippen LogP contribution in [0.4, 0.5) is 5.69 Å². The van der Waals surface area contributed by atoms with Crippen molar-refractivity contribution < 1.29 is 4.79 Å². The van der Waals surface area contributed by atoms with Gasteiger partial charge in [-0.1, -0.05) is 12.2 Å². The fraction of sp³-hybridized carbons (Fsp3) is 0.308. The highest BCUT2D eigenvalue weighted by atomic mass is 16.1. The van der Waals surface area contributed by atoms with Crippen molar-refractivity contribution in [3.8, 4) is 0 Å². The average molecular weight is 216 g/mol. The molecule has 1 aliphatic carbocycles. The minimum atomic E-state index is -0.0379. The van der Waals surface area contributed by atoms with Gasteiger partial charge in [-0.2, -0.15) is 0 Å². The molecule has 0 aromatic heterocycles. The van der Waals surface area contributed by atoms with Gasteiger partial charge in [0.2, 0.25) is 0 Å². The molecule has 0 atom stereocenters. The first-order chi connectivity index (χ1) is 7.65. The fourth-order valence-electron chi connectivity index (χ4n) is 1.95. The number of nitrogens with two attached hydrogens (primary N) is 1. The molecule has 2 rings (SSSR count). The number of benzene rings is 1. The van der Waals surface area contributed by atoms with Crippen LogP contribution in [0, 0.1) is 6.92 Å². The molecule has 1 aromatic rings. The first-order valence-electron chi connectivity index (χ1n) is 5.48. The first-order valence-corrected chi connectivity index (χ1v) is 5.48. The van der Waals surface area contributed by atoms with Crippen molar-refractivity contribution in [3.63, 3.8) is 0 Å². The number of nitrogen functional groups attached to an aromatic ring is 1. The van der Waals surface area contributed by atoms with E-state index in [2.05, 4.69) is 17.5 Å². The Hall–Kier alpha value is -1.77. The maximum absolute atomic E-state index is 11.9. The Bertz CT molecular complexity index is 409. The van der Waals surface area contributed by atoms with Gasteiger partial charge in [-0.05, 0) is 43.5 Å². The minimum Gasteiger partial charge on any atom is -0.399 e. The topological polar surface area (TPSA) is 55.1 Å². The van der Waals surface area contributed by atoms with Crippen molar-refractivity contribution in [2.45, 2.75) is 25.8 Å². The molecule has 0 fully saturated rings. The second kappa shape index (κ2) is 4.39. The first kappa shape index (κ1) is 10.7. The fourth-order valence-corrected chi connectivity index (χ4v) is 1.95. The molecule has 16 heavy (non-hydrogen) atoms. The zero-order valence-corrected chi connectivity index (χ0v) is 9.36. The molecular formula is C13H16N2O.